The van der Waals surface area contributed by atoms with Gasteiger partial charge in [0.25, 0.3) is 0 Å². The smallest absolute Gasteiger partial charge is 0.000966 e. The summed E-state index contributed by atoms with van der Waals surface area (Å²) in [6, 6.07) is 0. The summed E-state index contributed by atoms with van der Waals surface area (Å²) < 4.78 is 0. The molecule has 0 bridgehead atoms. The molecule has 1 heterocycles. The molecule has 2 nitrogen and oxygen atoms in total. The third kappa shape index (κ3) is 5.87. The predicted molar refractivity (Wildman–Crippen MR) is 74.4 cm³/mol. The van der Waals surface area contributed by atoms with E-state index in [2.05, 4.69) is 16.8 Å². The Morgan fingerprint density at radius 2 is 1.29 bits per heavy atom. The summed E-state index contributed by atoms with van der Waals surface area (Å²) in [7, 11) is 2.28. The van der Waals surface area contributed by atoms with Gasteiger partial charge in [0, 0.05) is 6.54 Å². The second-order valence-electron chi connectivity index (χ2n) is 6.17. The Kier molecular flexibility index (Phi) is 5.79. The Morgan fingerprint density at radius 3 is 1.82 bits per heavy atom. The van der Waals surface area contributed by atoms with Crippen LogP contribution in [0.2, 0.25) is 0 Å². The molecule has 0 unspecified atom stereocenters. The Hall–Kier alpha value is -0.0800. The molecule has 0 spiro atoms. The average molecular weight is 238 g/mol. The Balaban J connectivity index is 1.69. The molecule has 2 aliphatic rings. The summed E-state index contributed by atoms with van der Waals surface area (Å²) in [5, 5.41) is 0. The fraction of sp³-hybridized carbons (Fsp3) is 1.00. The zero-order chi connectivity index (χ0) is 11.9. The number of rotatable bonds is 2. The summed E-state index contributed by atoms with van der Waals surface area (Å²) in [5.41, 5.74) is 0. The highest BCUT2D eigenvalue weighted by Crippen LogP contribution is 2.29. The summed E-state index contributed by atoms with van der Waals surface area (Å²) >= 11 is 0. The van der Waals surface area contributed by atoms with E-state index in [1.54, 1.807) is 0 Å². The van der Waals surface area contributed by atoms with Crippen LogP contribution in [-0.4, -0.2) is 49.6 Å². The summed E-state index contributed by atoms with van der Waals surface area (Å²) in [6.07, 6.45) is 11.5. The second-order valence-corrected chi connectivity index (χ2v) is 6.17. The zero-order valence-electron chi connectivity index (χ0n) is 11.7. The van der Waals surface area contributed by atoms with Crippen LogP contribution >= 0.6 is 0 Å². The van der Waals surface area contributed by atoms with Crippen molar-refractivity contribution in [2.75, 3.05) is 39.8 Å². The fourth-order valence-electron chi connectivity index (χ4n) is 2.86. The van der Waals surface area contributed by atoms with Crippen molar-refractivity contribution in [1.29, 1.82) is 0 Å². The van der Waals surface area contributed by atoms with Crippen LogP contribution < -0.4 is 0 Å². The minimum atomic E-state index is 1.06. The van der Waals surface area contributed by atoms with Gasteiger partial charge in [0.15, 0.2) is 0 Å². The first-order valence-corrected chi connectivity index (χ1v) is 7.75. The molecule has 1 aliphatic heterocycles. The molecule has 0 aromatic heterocycles. The number of hydrogen-bond donors (Lipinski definition) is 0. The Morgan fingerprint density at radius 1 is 0.765 bits per heavy atom. The second kappa shape index (κ2) is 7.38. The molecular weight excluding hydrogens is 208 g/mol. The Bertz CT molecular complexity index is 187. The highest BCUT2D eigenvalue weighted by atomic mass is 15.1. The van der Waals surface area contributed by atoms with E-state index in [1.807, 2.05) is 0 Å². The molecule has 100 valence electrons. The predicted octanol–water partition coefficient (Wildman–Crippen LogP) is 2.98. The van der Waals surface area contributed by atoms with Gasteiger partial charge in [-0.15, -0.1) is 0 Å². The van der Waals surface area contributed by atoms with Crippen LogP contribution in [-0.2, 0) is 0 Å². The number of nitrogens with zero attached hydrogens (tertiary/aromatic N) is 2. The fourth-order valence-corrected chi connectivity index (χ4v) is 2.86. The first-order chi connectivity index (χ1) is 8.34. The lowest BCUT2D eigenvalue weighted by atomic mass is 10.1. The van der Waals surface area contributed by atoms with Crippen molar-refractivity contribution >= 4 is 0 Å². The van der Waals surface area contributed by atoms with E-state index in [4.69, 9.17) is 0 Å². The first kappa shape index (κ1) is 13.4. The van der Waals surface area contributed by atoms with Crippen LogP contribution in [0.3, 0.4) is 0 Å². The minimum Gasteiger partial charge on any atom is -0.306 e. The lowest BCUT2D eigenvalue weighted by Crippen LogP contribution is -2.29. The van der Waals surface area contributed by atoms with Crippen LogP contribution in [0.4, 0.5) is 0 Å². The van der Waals surface area contributed by atoms with Gasteiger partial charge in [0.05, 0.1) is 0 Å². The average Bonchev–Trinajstić information content (AvgIpc) is 3.09. The molecule has 2 fully saturated rings. The quantitative estimate of drug-likeness (QED) is 0.730. The molecule has 0 N–H and O–H groups in total. The van der Waals surface area contributed by atoms with Crippen molar-refractivity contribution in [3.63, 3.8) is 0 Å². The van der Waals surface area contributed by atoms with E-state index in [9.17, 15) is 0 Å². The molecule has 2 rings (SSSR count). The van der Waals surface area contributed by atoms with Crippen LogP contribution in [0.1, 0.15) is 51.4 Å². The third-order valence-electron chi connectivity index (χ3n) is 4.24. The van der Waals surface area contributed by atoms with E-state index in [0.29, 0.717) is 0 Å². The molecule has 1 saturated carbocycles. The van der Waals surface area contributed by atoms with Gasteiger partial charge in [-0.05, 0) is 77.7 Å². The van der Waals surface area contributed by atoms with Crippen molar-refractivity contribution in [3.8, 4) is 0 Å². The molecule has 2 heteroatoms. The highest BCUT2D eigenvalue weighted by Gasteiger charge is 2.23. The third-order valence-corrected chi connectivity index (χ3v) is 4.24. The van der Waals surface area contributed by atoms with E-state index < -0.39 is 0 Å². The van der Waals surface area contributed by atoms with Crippen LogP contribution in [0.5, 0.6) is 0 Å². The molecule has 1 saturated heterocycles. The van der Waals surface area contributed by atoms with Crippen LogP contribution in [0.25, 0.3) is 0 Å². The molecule has 0 aromatic rings. The maximum Gasteiger partial charge on any atom is 0.000966 e. The molecule has 0 aromatic carbocycles. The van der Waals surface area contributed by atoms with Gasteiger partial charge in [0.2, 0.25) is 0 Å². The summed E-state index contributed by atoms with van der Waals surface area (Å²) in [5.74, 6) is 1.06. The van der Waals surface area contributed by atoms with Gasteiger partial charge in [0.1, 0.15) is 0 Å². The Labute approximate surface area is 107 Å². The largest absolute Gasteiger partial charge is 0.306 e. The van der Waals surface area contributed by atoms with Gasteiger partial charge in [-0.1, -0.05) is 12.8 Å². The zero-order valence-corrected chi connectivity index (χ0v) is 11.7. The summed E-state index contributed by atoms with van der Waals surface area (Å²) in [4.78, 5) is 5.27. The molecular formula is C15H30N2. The van der Waals surface area contributed by atoms with Gasteiger partial charge in [-0.2, -0.15) is 0 Å². The van der Waals surface area contributed by atoms with Crippen molar-refractivity contribution in [2.45, 2.75) is 51.4 Å². The molecule has 0 atom stereocenters. The van der Waals surface area contributed by atoms with E-state index in [1.165, 1.54) is 84.1 Å². The highest BCUT2D eigenvalue weighted by molar-refractivity contribution is 4.77. The summed E-state index contributed by atoms with van der Waals surface area (Å²) in [6.45, 7) is 6.74. The van der Waals surface area contributed by atoms with E-state index in [0.717, 1.165) is 5.92 Å². The first-order valence-electron chi connectivity index (χ1n) is 7.75. The van der Waals surface area contributed by atoms with Crippen molar-refractivity contribution in [1.82, 2.24) is 9.80 Å². The SMILES string of the molecule is CN1CCCCCN(CC2CC2)CCCCC1. The molecule has 17 heavy (non-hydrogen) atoms. The van der Waals surface area contributed by atoms with Crippen molar-refractivity contribution < 1.29 is 0 Å². The van der Waals surface area contributed by atoms with Gasteiger partial charge >= 0.3 is 0 Å². The van der Waals surface area contributed by atoms with Gasteiger partial charge in [-0.3, -0.25) is 0 Å². The van der Waals surface area contributed by atoms with E-state index >= 15 is 0 Å². The topological polar surface area (TPSA) is 6.48 Å². The van der Waals surface area contributed by atoms with E-state index in [-0.39, 0.29) is 0 Å². The molecule has 1 aliphatic carbocycles. The molecule has 0 radical (unpaired) electrons. The minimum absolute atomic E-state index is 1.06. The van der Waals surface area contributed by atoms with Crippen LogP contribution in [0.15, 0.2) is 0 Å². The lowest BCUT2D eigenvalue weighted by molar-refractivity contribution is 0.237. The molecule has 0 amide bonds. The van der Waals surface area contributed by atoms with Crippen molar-refractivity contribution in [3.05, 3.63) is 0 Å². The monoisotopic (exact) mass is 238 g/mol. The standard InChI is InChI=1S/C15H30N2/c1-16-10-4-2-6-12-17(14-15-8-9-15)13-7-3-5-11-16/h15H,2-14H2,1H3. The van der Waals surface area contributed by atoms with Gasteiger partial charge < -0.3 is 9.80 Å². The number of hydrogen-bond acceptors (Lipinski definition) is 2. The van der Waals surface area contributed by atoms with Crippen molar-refractivity contribution in [2.24, 2.45) is 5.92 Å². The van der Waals surface area contributed by atoms with Gasteiger partial charge in [-0.25, -0.2) is 0 Å². The van der Waals surface area contributed by atoms with Crippen LogP contribution in [0, 0.1) is 5.92 Å². The maximum absolute atomic E-state index is 2.75. The lowest BCUT2D eigenvalue weighted by Gasteiger charge is -2.24. The maximum atomic E-state index is 2.75. The normalized spacial score (nSPS) is 27.4.